The lowest BCUT2D eigenvalue weighted by molar-refractivity contribution is -0.116. The van der Waals surface area contributed by atoms with Gasteiger partial charge in [-0.25, -0.2) is 4.79 Å². The fraction of sp³-hybridized carbons (Fsp3) is 0.391. The van der Waals surface area contributed by atoms with Gasteiger partial charge in [-0.1, -0.05) is 19.9 Å². The van der Waals surface area contributed by atoms with Crippen LogP contribution in [0.1, 0.15) is 38.7 Å². The lowest BCUT2D eigenvalue weighted by Crippen LogP contribution is -2.36. The molecule has 0 atom stereocenters. The lowest BCUT2D eigenvalue weighted by Gasteiger charge is -2.23. The van der Waals surface area contributed by atoms with Crippen molar-refractivity contribution in [3.8, 4) is 11.5 Å². The van der Waals surface area contributed by atoms with E-state index in [0.29, 0.717) is 36.0 Å². The number of hydrogen-bond acceptors (Lipinski definition) is 4. The molecule has 1 saturated carbocycles. The summed E-state index contributed by atoms with van der Waals surface area (Å²) in [6.07, 6.45) is 2.42. The Morgan fingerprint density at radius 3 is 2.30 bits per heavy atom. The Morgan fingerprint density at radius 1 is 1.10 bits per heavy atom. The van der Waals surface area contributed by atoms with Crippen LogP contribution in [-0.4, -0.2) is 35.1 Å². The van der Waals surface area contributed by atoms with E-state index in [9.17, 15) is 14.7 Å². The minimum absolute atomic E-state index is 0.0222. The average molecular weight is 412 g/mol. The predicted molar refractivity (Wildman–Crippen MR) is 117 cm³/mol. The number of carbonyl (C=O) groups is 2. The molecule has 0 heterocycles. The average Bonchev–Trinajstić information content (AvgIpc) is 3.53. The van der Waals surface area contributed by atoms with Crippen molar-refractivity contribution in [3.63, 3.8) is 0 Å². The first-order valence-corrected chi connectivity index (χ1v) is 10.2. The van der Waals surface area contributed by atoms with Crippen LogP contribution in [0.4, 0.5) is 16.2 Å². The summed E-state index contributed by atoms with van der Waals surface area (Å²) in [5, 5.41) is 15.6. The predicted octanol–water partition coefficient (Wildman–Crippen LogP) is 4.58. The maximum Gasteiger partial charge on any atom is 0.322 e. The van der Waals surface area contributed by atoms with E-state index in [1.54, 1.807) is 47.4 Å². The highest BCUT2D eigenvalue weighted by Crippen LogP contribution is 2.31. The Kier molecular flexibility index (Phi) is 6.82. The zero-order valence-electron chi connectivity index (χ0n) is 17.6. The molecule has 0 aliphatic heterocycles. The summed E-state index contributed by atoms with van der Waals surface area (Å²) in [5.41, 5.74) is 2.25. The highest BCUT2D eigenvalue weighted by molar-refractivity contribution is 5.92. The van der Waals surface area contributed by atoms with E-state index in [1.165, 1.54) is 7.11 Å². The summed E-state index contributed by atoms with van der Waals surface area (Å²) in [7, 11) is 1.50. The minimum Gasteiger partial charge on any atom is -0.504 e. The first-order chi connectivity index (χ1) is 14.4. The van der Waals surface area contributed by atoms with Gasteiger partial charge in [-0.2, -0.15) is 0 Å². The van der Waals surface area contributed by atoms with Gasteiger partial charge in [-0.05, 0) is 60.7 Å². The molecular formula is C23H29N3O4. The molecule has 0 spiro atoms. The van der Waals surface area contributed by atoms with Crippen molar-refractivity contribution in [2.24, 2.45) is 5.92 Å². The van der Waals surface area contributed by atoms with Crippen LogP contribution in [0.25, 0.3) is 0 Å². The smallest absolute Gasteiger partial charge is 0.322 e. The van der Waals surface area contributed by atoms with Crippen LogP contribution in [-0.2, 0) is 11.3 Å². The summed E-state index contributed by atoms with van der Waals surface area (Å²) in [4.78, 5) is 26.5. The SMILES string of the molecule is COc1cc(CN(C(=O)Nc2ccc(NC(=O)CC(C)C)cc2)C2CC2)ccc1O. The Labute approximate surface area is 177 Å². The van der Waals surface area contributed by atoms with Gasteiger partial charge in [0.05, 0.1) is 7.11 Å². The van der Waals surface area contributed by atoms with Crippen molar-refractivity contribution >= 4 is 23.3 Å². The van der Waals surface area contributed by atoms with Gasteiger partial charge >= 0.3 is 6.03 Å². The molecule has 30 heavy (non-hydrogen) atoms. The molecule has 0 aromatic heterocycles. The molecule has 0 radical (unpaired) electrons. The minimum atomic E-state index is -0.180. The van der Waals surface area contributed by atoms with E-state index < -0.39 is 0 Å². The molecule has 7 nitrogen and oxygen atoms in total. The van der Waals surface area contributed by atoms with E-state index >= 15 is 0 Å². The number of amides is 3. The lowest BCUT2D eigenvalue weighted by atomic mass is 10.1. The van der Waals surface area contributed by atoms with Crippen molar-refractivity contribution in [2.45, 2.75) is 45.7 Å². The molecule has 0 unspecified atom stereocenters. The first kappa shape index (κ1) is 21.5. The second-order valence-electron chi connectivity index (χ2n) is 8.02. The maximum absolute atomic E-state index is 12.9. The number of hydrogen-bond donors (Lipinski definition) is 3. The van der Waals surface area contributed by atoms with Crippen LogP contribution in [0, 0.1) is 5.92 Å². The third-order valence-corrected chi connectivity index (χ3v) is 4.86. The van der Waals surface area contributed by atoms with Gasteiger partial charge in [-0.3, -0.25) is 4.79 Å². The molecule has 2 aromatic carbocycles. The van der Waals surface area contributed by atoms with Crippen molar-refractivity contribution in [1.82, 2.24) is 4.90 Å². The fourth-order valence-corrected chi connectivity index (χ4v) is 3.19. The van der Waals surface area contributed by atoms with Crippen molar-refractivity contribution in [2.75, 3.05) is 17.7 Å². The van der Waals surface area contributed by atoms with Crippen LogP contribution >= 0.6 is 0 Å². The zero-order chi connectivity index (χ0) is 21.7. The molecule has 3 rings (SSSR count). The molecule has 1 fully saturated rings. The summed E-state index contributed by atoms with van der Waals surface area (Å²) in [6, 6.07) is 12.2. The number of phenols is 1. The number of phenolic OH excluding ortho intramolecular Hbond substituents is 1. The second kappa shape index (κ2) is 9.52. The number of methoxy groups -OCH3 is 1. The Hall–Kier alpha value is -3.22. The molecule has 7 heteroatoms. The van der Waals surface area contributed by atoms with Crippen LogP contribution in [0.2, 0.25) is 0 Å². The summed E-state index contributed by atoms with van der Waals surface area (Å²) < 4.78 is 5.16. The van der Waals surface area contributed by atoms with Gasteiger partial charge in [0, 0.05) is 30.4 Å². The summed E-state index contributed by atoms with van der Waals surface area (Å²) >= 11 is 0. The number of ether oxygens (including phenoxy) is 1. The Morgan fingerprint density at radius 2 is 1.73 bits per heavy atom. The molecule has 3 amide bonds. The molecule has 1 aliphatic rings. The number of rotatable bonds is 8. The summed E-state index contributed by atoms with van der Waals surface area (Å²) in [5.74, 6) is 0.736. The van der Waals surface area contributed by atoms with Gasteiger partial charge in [-0.15, -0.1) is 0 Å². The van der Waals surface area contributed by atoms with Gasteiger partial charge in [0.25, 0.3) is 0 Å². The molecule has 3 N–H and O–H groups in total. The maximum atomic E-state index is 12.9. The zero-order valence-corrected chi connectivity index (χ0v) is 17.6. The van der Waals surface area contributed by atoms with Crippen molar-refractivity contribution < 1.29 is 19.4 Å². The van der Waals surface area contributed by atoms with Gasteiger partial charge in [0.15, 0.2) is 11.5 Å². The third-order valence-electron chi connectivity index (χ3n) is 4.86. The van der Waals surface area contributed by atoms with E-state index in [0.717, 1.165) is 18.4 Å². The monoisotopic (exact) mass is 411 g/mol. The number of aromatic hydroxyl groups is 1. The molecule has 0 saturated heterocycles. The first-order valence-electron chi connectivity index (χ1n) is 10.2. The number of nitrogens with zero attached hydrogens (tertiary/aromatic N) is 1. The van der Waals surface area contributed by atoms with Crippen molar-refractivity contribution in [1.29, 1.82) is 0 Å². The van der Waals surface area contributed by atoms with Gasteiger partial charge < -0.3 is 25.4 Å². The highest BCUT2D eigenvalue weighted by atomic mass is 16.5. The highest BCUT2D eigenvalue weighted by Gasteiger charge is 2.32. The third kappa shape index (κ3) is 5.89. The summed E-state index contributed by atoms with van der Waals surface area (Å²) in [6.45, 7) is 4.42. The molecular weight excluding hydrogens is 382 g/mol. The largest absolute Gasteiger partial charge is 0.504 e. The van der Waals surface area contributed by atoms with Crippen molar-refractivity contribution in [3.05, 3.63) is 48.0 Å². The van der Waals surface area contributed by atoms with Crippen LogP contribution in [0.5, 0.6) is 11.5 Å². The van der Waals surface area contributed by atoms with Crippen LogP contribution in [0.15, 0.2) is 42.5 Å². The normalized spacial score (nSPS) is 13.1. The molecule has 0 bridgehead atoms. The number of anilines is 2. The Bertz CT molecular complexity index is 892. The molecule has 160 valence electrons. The topological polar surface area (TPSA) is 90.9 Å². The van der Waals surface area contributed by atoms with Crippen LogP contribution in [0.3, 0.4) is 0 Å². The van der Waals surface area contributed by atoms with E-state index in [-0.39, 0.29) is 23.7 Å². The van der Waals surface area contributed by atoms with Gasteiger partial charge in [0.2, 0.25) is 5.91 Å². The fourth-order valence-electron chi connectivity index (χ4n) is 3.19. The van der Waals surface area contributed by atoms with Crippen LogP contribution < -0.4 is 15.4 Å². The van der Waals surface area contributed by atoms with Gasteiger partial charge in [0.1, 0.15) is 0 Å². The standard InChI is InChI=1S/C23H29N3O4/c1-15(2)12-22(28)24-17-5-7-18(8-6-17)25-23(29)26(19-9-10-19)14-16-4-11-20(27)21(13-16)30-3/h4-8,11,13,15,19,27H,9-10,12,14H2,1-3H3,(H,24,28)(H,25,29). The second-order valence-corrected chi connectivity index (χ2v) is 8.02. The number of carbonyl (C=O) groups excluding carboxylic acids is 2. The van der Waals surface area contributed by atoms with E-state index in [2.05, 4.69) is 10.6 Å². The van der Waals surface area contributed by atoms with E-state index in [1.807, 2.05) is 13.8 Å². The van der Waals surface area contributed by atoms with E-state index in [4.69, 9.17) is 4.74 Å². The quantitative estimate of drug-likeness (QED) is 0.593. The Balaban J connectivity index is 1.62. The molecule has 1 aliphatic carbocycles. The number of urea groups is 1. The molecule has 2 aromatic rings. The number of nitrogens with one attached hydrogen (secondary N) is 2. The number of benzene rings is 2.